The molecule has 0 fully saturated rings. The van der Waals surface area contributed by atoms with Gasteiger partial charge in [-0.15, -0.1) is 0 Å². The van der Waals surface area contributed by atoms with E-state index in [1.165, 1.54) is 4.90 Å². The molecule has 0 radical (unpaired) electrons. The van der Waals surface area contributed by atoms with E-state index in [-0.39, 0.29) is 11.8 Å². The van der Waals surface area contributed by atoms with E-state index < -0.39 is 0 Å². The summed E-state index contributed by atoms with van der Waals surface area (Å²) in [6.45, 7) is 7.29. The van der Waals surface area contributed by atoms with Crippen molar-refractivity contribution in [3.63, 3.8) is 0 Å². The number of hydrogen-bond acceptors (Lipinski definition) is 4. The first-order chi connectivity index (χ1) is 16.0. The van der Waals surface area contributed by atoms with Crippen molar-refractivity contribution in [2.24, 2.45) is 5.92 Å². The molecular formula is C28H28N2O3. The van der Waals surface area contributed by atoms with Crippen LogP contribution in [0.4, 0.5) is 11.4 Å². The summed E-state index contributed by atoms with van der Waals surface area (Å²) >= 11 is 0. The summed E-state index contributed by atoms with van der Waals surface area (Å²) in [7, 11) is 0. The molecule has 0 aliphatic carbocycles. The lowest BCUT2D eigenvalue weighted by Crippen LogP contribution is -2.35. The van der Waals surface area contributed by atoms with Crippen LogP contribution in [-0.2, 0) is 9.59 Å². The highest BCUT2D eigenvalue weighted by atomic mass is 16.5. The third-order valence-electron chi connectivity index (χ3n) is 5.45. The lowest BCUT2D eigenvalue weighted by Gasteiger charge is -2.25. The molecular weight excluding hydrogens is 412 g/mol. The van der Waals surface area contributed by atoms with Gasteiger partial charge in [-0.05, 0) is 54.8 Å². The average molecular weight is 441 g/mol. The number of likely N-dealkylation sites (N-methyl/N-ethyl adjacent to an activating group) is 1. The highest BCUT2D eigenvalue weighted by molar-refractivity contribution is 6.46. The minimum atomic E-state index is -0.333. The Bertz CT molecular complexity index is 1150. The second-order valence-electron chi connectivity index (χ2n) is 8.31. The molecule has 0 unspecified atom stereocenters. The van der Waals surface area contributed by atoms with Gasteiger partial charge in [-0.3, -0.25) is 9.59 Å². The molecule has 0 spiro atoms. The Morgan fingerprint density at radius 3 is 2.00 bits per heavy atom. The average Bonchev–Trinajstić information content (AvgIpc) is 3.10. The molecule has 0 atom stereocenters. The van der Waals surface area contributed by atoms with Gasteiger partial charge in [-0.25, -0.2) is 4.90 Å². The summed E-state index contributed by atoms with van der Waals surface area (Å²) in [4.78, 5) is 30.6. The van der Waals surface area contributed by atoms with Crippen molar-refractivity contribution in [2.45, 2.75) is 20.8 Å². The number of carbonyl (C=O) groups is 2. The first-order valence-corrected chi connectivity index (χ1v) is 11.2. The topological polar surface area (TPSA) is 49.9 Å². The van der Waals surface area contributed by atoms with Crippen LogP contribution >= 0.6 is 0 Å². The van der Waals surface area contributed by atoms with Gasteiger partial charge in [0.25, 0.3) is 11.8 Å². The van der Waals surface area contributed by atoms with Gasteiger partial charge in [-0.2, -0.15) is 0 Å². The van der Waals surface area contributed by atoms with Gasteiger partial charge in [0.1, 0.15) is 11.4 Å². The predicted octanol–water partition coefficient (Wildman–Crippen LogP) is 5.53. The van der Waals surface area contributed by atoms with Crippen molar-refractivity contribution in [1.82, 2.24) is 0 Å². The van der Waals surface area contributed by atoms with Crippen molar-refractivity contribution in [3.8, 4) is 5.75 Å². The predicted molar refractivity (Wildman–Crippen MR) is 132 cm³/mol. The summed E-state index contributed by atoms with van der Waals surface area (Å²) in [6, 6.07) is 26.2. The number of rotatable bonds is 8. The normalized spacial score (nSPS) is 13.8. The summed E-state index contributed by atoms with van der Waals surface area (Å²) in [5, 5.41) is 0. The molecule has 1 aliphatic rings. The van der Waals surface area contributed by atoms with Crippen molar-refractivity contribution >= 4 is 28.8 Å². The van der Waals surface area contributed by atoms with Gasteiger partial charge in [-0.1, -0.05) is 62.4 Å². The van der Waals surface area contributed by atoms with E-state index in [1.807, 2.05) is 72.5 Å². The molecule has 0 saturated heterocycles. The Labute approximate surface area is 194 Å². The molecule has 1 aliphatic heterocycles. The zero-order chi connectivity index (χ0) is 23.4. The highest BCUT2D eigenvalue weighted by Gasteiger charge is 2.42. The maximum Gasteiger partial charge on any atom is 0.282 e. The molecule has 0 saturated carbocycles. The van der Waals surface area contributed by atoms with Crippen LogP contribution < -0.4 is 14.5 Å². The third-order valence-corrected chi connectivity index (χ3v) is 5.45. The van der Waals surface area contributed by atoms with Gasteiger partial charge in [0.15, 0.2) is 0 Å². The molecule has 1 heterocycles. The highest BCUT2D eigenvalue weighted by Crippen LogP contribution is 2.37. The molecule has 5 nitrogen and oxygen atoms in total. The van der Waals surface area contributed by atoms with Gasteiger partial charge in [0.05, 0.1) is 17.9 Å². The number of imide groups is 1. The van der Waals surface area contributed by atoms with E-state index in [1.54, 1.807) is 24.3 Å². The number of amides is 2. The van der Waals surface area contributed by atoms with Crippen LogP contribution in [0.25, 0.3) is 5.57 Å². The minimum absolute atomic E-state index is 0.327. The second kappa shape index (κ2) is 9.74. The van der Waals surface area contributed by atoms with Crippen LogP contribution in [0.2, 0.25) is 0 Å². The van der Waals surface area contributed by atoms with Gasteiger partial charge in [0, 0.05) is 12.2 Å². The summed E-state index contributed by atoms with van der Waals surface area (Å²) in [5.74, 6) is 0.457. The number of hydrogen-bond donors (Lipinski definition) is 0. The van der Waals surface area contributed by atoms with Gasteiger partial charge in [0.2, 0.25) is 0 Å². The molecule has 168 valence electrons. The Balaban J connectivity index is 1.75. The Morgan fingerprint density at radius 1 is 0.818 bits per heavy atom. The lowest BCUT2D eigenvalue weighted by molar-refractivity contribution is -0.120. The van der Waals surface area contributed by atoms with Crippen molar-refractivity contribution in [2.75, 3.05) is 23.0 Å². The summed E-state index contributed by atoms with van der Waals surface area (Å²) < 4.78 is 5.76. The Hall–Kier alpha value is -3.86. The number of carbonyl (C=O) groups excluding carboxylic acids is 2. The van der Waals surface area contributed by atoms with Gasteiger partial charge < -0.3 is 9.64 Å². The Morgan fingerprint density at radius 2 is 1.42 bits per heavy atom. The fourth-order valence-corrected chi connectivity index (χ4v) is 3.90. The van der Waals surface area contributed by atoms with Crippen LogP contribution in [0.3, 0.4) is 0 Å². The van der Waals surface area contributed by atoms with Crippen LogP contribution in [0.15, 0.2) is 90.6 Å². The fraction of sp³-hybridized carbons (Fsp3) is 0.214. The Kier molecular flexibility index (Phi) is 6.59. The number of anilines is 2. The number of para-hydroxylation sites is 1. The van der Waals surface area contributed by atoms with E-state index >= 15 is 0 Å². The second-order valence-corrected chi connectivity index (χ2v) is 8.31. The molecule has 0 aromatic heterocycles. The van der Waals surface area contributed by atoms with Crippen molar-refractivity contribution in [3.05, 3.63) is 96.2 Å². The van der Waals surface area contributed by atoms with E-state index in [2.05, 4.69) is 13.8 Å². The van der Waals surface area contributed by atoms with E-state index in [0.29, 0.717) is 41.8 Å². The zero-order valence-corrected chi connectivity index (χ0v) is 19.2. The molecule has 5 heteroatoms. The number of nitrogens with zero attached hydrogens (tertiary/aromatic N) is 2. The summed E-state index contributed by atoms with van der Waals surface area (Å²) in [5.41, 5.74) is 2.91. The smallest absolute Gasteiger partial charge is 0.282 e. The minimum Gasteiger partial charge on any atom is -0.493 e. The number of ether oxygens (including phenoxy) is 1. The largest absolute Gasteiger partial charge is 0.493 e. The summed E-state index contributed by atoms with van der Waals surface area (Å²) in [6.07, 6.45) is 0. The maximum absolute atomic E-state index is 13.7. The van der Waals surface area contributed by atoms with E-state index in [9.17, 15) is 9.59 Å². The van der Waals surface area contributed by atoms with Crippen LogP contribution in [0.5, 0.6) is 5.75 Å². The first kappa shape index (κ1) is 22.3. The quantitative estimate of drug-likeness (QED) is 0.432. The monoisotopic (exact) mass is 440 g/mol. The molecule has 3 aromatic carbocycles. The van der Waals surface area contributed by atoms with Gasteiger partial charge >= 0.3 is 0 Å². The van der Waals surface area contributed by atoms with E-state index in [0.717, 1.165) is 11.3 Å². The van der Waals surface area contributed by atoms with Crippen LogP contribution in [-0.4, -0.2) is 25.0 Å². The molecule has 4 rings (SSSR count). The molecule has 3 aromatic rings. The first-order valence-electron chi connectivity index (χ1n) is 11.2. The van der Waals surface area contributed by atoms with Crippen LogP contribution in [0.1, 0.15) is 26.3 Å². The van der Waals surface area contributed by atoms with E-state index in [4.69, 9.17) is 4.74 Å². The molecule has 0 bridgehead atoms. The standard InChI is InChI=1S/C28H28N2O3/c1-4-29(22-13-9-6-10-14-22)26-25(21-11-7-5-8-12-21)27(31)30(28(26)32)23-15-17-24(18-16-23)33-19-20(2)3/h5-18,20H,4,19H2,1-3H3. The van der Waals surface area contributed by atoms with Crippen LogP contribution in [0, 0.1) is 5.92 Å². The van der Waals surface area contributed by atoms with Crippen molar-refractivity contribution in [1.29, 1.82) is 0 Å². The lowest BCUT2D eigenvalue weighted by atomic mass is 10.0. The zero-order valence-electron chi connectivity index (χ0n) is 19.2. The van der Waals surface area contributed by atoms with Crippen molar-refractivity contribution < 1.29 is 14.3 Å². The number of benzene rings is 3. The molecule has 33 heavy (non-hydrogen) atoms. The third kappa shape index (κ3) is 4.53. The maximum atomic E-state index is 13.7. The molecule has 2 amide bonds. The SMILES string of the molecule is CCN(C1=C(c2ccccc2)C(=O)N(c2ccc(OCC(C)C)cc2)C1=O)c1ccccc1. The fourth-order valence-electron chi connectivity index (χ4n) is 3.90. The molecule has 0 N–H and O–H groups in total.